The van der Waals surface area contributed by atoms with Crippen LogP contribution in [0, 0.1) is 5.92 Å². The summed E-state index contributed by atoms with van der Waals surface area (Å²) in [5, 5.41) is 0. The van der Waals surface area contributed by atoms with Crippen molar-refractivity contribution < 1.29 is 4.74 Å². The quantitative estimate of drug-likeness (QED) is 0.614. The van der Waals surface area contributed by atoms with Crippen molar-refractivity contribution in [3.63, 3.8) is 0 Å². The molecule has 0 aliphatic carbocycles. The van der Waals surface area contributed by atoms with Gasteiger partial charge >= 0.3 is 0 Å². The number of hydrogen-bond acceptors (Lipinski definition) is 1. The number of ether oxygens (including phenoxy) is 1. The zero-order chi connectivity index (χ0) is 9.40. The molecule has 0 radical (unpaired) electrons. The third-order valence-corrected chi connectivity index (χ3v) is 3.34. The van der Waals surface area contributed by atoms with Crippen molar-refractivity contribution in [2.24, 2.45) is 5.92 Å². The highest BCUT2D eigenvalue weighted by Gasteiger charge is 2.05. The van der Waals surface area contributed by atoms with E-state index in [2.05, 4.69) is 29.8 Å². The highest BCUT2D eigenvalue weighted by atomic mass is 79.9. The zero-order valence-corrected chi connectivity index (χ0v) is 10.1. The third-order valence-electron chi connectivity index (χ3n) is 2.23. The van der Waals surface area contributed by atoms with Crippen LogP contribution >= 0.6 is 15.9 Å². The Bertz CT molecular complexity index is 95.8. The second-order valence-corrected chi connectivity index (χ2v) is 4.76. The summed E-state index contributed by atoms with van der Waals surface area (Å²) in [5.41, 5.74) is 0. The van der Waals surface area contributed by atoms with E-state index in [1.165, 1.54) is 25.7 Å². The second kappa shape index (κ2) is 8.06. The number of rotatable bonds is 7. The molecule has 0 aromatic carbocycles. The molecule has 0 saturated carbocycles. The summed E-state index contributed by atoms with van der Waals surface area (Å²) in [7, 11) is 1.77. The van der Waals surface area contributed by atoms with Crippen molar-refractivity contribution in [2.45, 2.75) is 44.4 Å². The van der Waals surface area contributed by atoms with Gasteiger partial charge in [0.1, 0.15) is 0 Å². The summed E-state index contributed by atoms with van der Waals surface area (Å²) in [6, 6.07) is 0. The molecule has 2 heteroatoms. The van der Waals surface area contributed by atoms with Gasteiger partial charge < -0.3 is 4.74 Å². The van der Waals surface area contributed by atoms with Gasteiger partial charge in [-0.05, 0) is 31.6 Å². The van der Waals surface area contributed by atoms with E-state index in [1.807, 2.05) is 0 Å². The van der Waals surface area contributed by atoms with Crippen molar-refractivity contribution in [2.75, 3.05) is 13.7 Å². The fourth-order valence-corrected chi connectivity index (χ4v) is 1.40. The maximum absolute atomic E-state index is 5.03. The molecule has 0 N–H and O–H groups in total. The molecule has 2 atom stereocenters. The lowest BCUT2D eigenvalue weighted by Gasteiger charge is -2.12. The van der Waals surface area contributed by atoms with Crippen LogP contribution in [-0.4, -0.2) is 18.5 Å². The molecule has 0 aromatic heterocycles. The summed E-state index contributed by atoms with van der Waals surface area (Å²) in [4.78, 5) is 0.711. The third kappa shape index (κ3) is 7.11. The van der Waals surface area contributed by atoms with Crippen molar-refractivity contribution in [1.29, 1.82) is 0 Å². The summed E-state index contributed by atoms with van der Waals surface area (Å²) < 4.78 is 5.03. The summed E-state index contributed by atoms with van der Waals surface area (Å²) in [6.07, 6.45) is 5.03. The maximum Gasteiger partial charge on any atom is 0.0464 e. The molecular formula is C10H21BrO. The Kier molecular flexibility index (Phi) is 8.35. The van der Waals surface area contributed by atoms with Gasteiger partial charge in [0.25, 0.3) is 0 Å². The SMILES string of the molecule is CCC(Br)CCC(C)CCOC. The van der Waals surface area contributed by atoms with Crippen molar-refractivity contribution in [3.8, 4) is 0 Å². The van der Waals surface area contributed by atoms with Crippen LogP contribution in [-0.2, 0) is 4.74 Å². The van der Waals surface area contributed by atoms with Gasteiger partial charge in [-0.1, -0.05) is 29.8 Å². The lowest BCUT2D eigenvalue weighted by atomic mass is 10.0. The van der Waals surface area contributed by atoms with Crippen LogP contribution in [0.1, 0.15) is 39.5 Å². The van der Waals surface area contributed by atoms with Crippen molar-refractivity contribution in [1.82, 2.24) is 0 Å². The van der Waals surface area contributed by atoms with E-state index in [9.17, 15) is 0 Å². The molecule has 0 spiro atoms. The van der Waals surface area contributed by atoms with E-state index < -0.39 is 0 Å². The molecule has 74 valence electrons. The molecule has 0 fully saturated rings. The molecule has 0 amide bonds. The molecule has 0 aliphatic rings. The largest absolute Gasteiger partial charge is 0.385 e. The second-order valence-electron chi connectivity index (χ2n) is 3.47. The van der Waals surface area contributed by atoms with E-state index in [4.69, 9.17) is 4.74 Å². The minimum absolute atomic E-state index is 0.711. The first-order valence-electron chi connectivity index (χ1n) is 4.83. The van der Waals surface area contributed by atoms with Crippen LogP contribution in [0.2, 0.25) is 0 Å². The number of alkyl halides is 1. The van der Waals surface area contributed by atoms with Gasteiger partial charge in [-0.15, -0.1) is 0 Å². The molecule has 0 rings (SSSR count). The molecule has 0 heterocycles. The zero-order valence-electron chi connectivity index (χ0n) is 8.48. The highest BCUT2D eigenvalue weighted by molar-refractivity contribution is 9.09. The number of halogens is 1. The Morgan fingerprint density at radius 3 is 2.42 bits per heavy atom. The van der Waals surface area contributed by atoms with E-state index in [-0.39, 0.29) is 0 Å². The summed E-state index contributed by atoms with van der Waals surface area (Å²) in [5.74, 6) is 0.802. The topological polar surface area (TPSA) is 9.23 Å². The fraction of sp³-hybridized carbons (Fsp3) is 1.00. The lowest BCUT2D eigenvalue weighted by molar-refractivity contribution is 0.178. The first-order valence-corrected chi connectivity index (χ1v) is 5.75. The average molecular weight is 237 g/mol. The van der Waals surface area contributed by atoms with Gasteiger partial charge in [0.2, 0.25) is 0 Å². The van der Waals surface area contributed by atoms with Crippen LogP contribution in [0.15, 0.2) is 0 Å². The van der Waals surface area contributed by atoms with Crippen molar-refractivity contribution >= 4 is 15.9 Å². The van der Waals surface area contributed by atoms with Gasteiger partial charge in [-0.25, -0.2) is 0 Å². The Hall–Kier alpha value is 0.440. The standard InChI is InChI=1S/C10H21BrO/c1-4-10(11)6-5-9(2)7-8-12-3/h9-10H,4-8H2,1-3H3. The molecule has 0 aliphatic heterocycles. The molecule has 0 saturated heterocycles. The monoisotopic (exact) mass is 236 g/mol. The first-order chi connectivity index (χ1) is 5.70. The predicted molar refractivity (Wildman–Crippen MR) is 57.9 cm³/mol. The minimum atomic E-state index is 0.711. The Balaban J connectivity index is 3.24. The molecule has 0 aromatic rings. The fourth-order valence-electron chi connectivity index (χ4n) is 1.13. The van der Waals surface area contributed by atoms with E-state index in [0.717, 1.165) is 12.5 Å². The normalized spacial score (nSPS) is 16.0. The summed E-state index contributed by atoms with van der Waals surface area (Å²) >= 11 is 3.64. The van der Waals surface area contributed by atoms with Crippen LogP contribution in [0.4, 0.5) is 0 Å². The first kappa shape index (κ1) is 12.4. The number of hydrogen-bond donors (Lipinski definition) is 0. The smallest absolute Gasteiger partial charge is 0.0464 e. The maximum atomic E-state index is 5.03. The average Bonchev–Trinajstić information content (AvgIpc) is 2.10. The summed E-state index contributed by atoms with van der Waals surface area (Å²) in [6.45, 7) is 5.42. The molecule has 1 nitrogen and oxygen atoms in total. The van der Waals surface area contributed by atoms with E-state index in [0.29, 0.717) is 4.83 Å². The Labute approximate surface area is 85.0 Å². The van der Waals surface area contributed by atoms with Gasteiger partial charge in [0.15, 0.2) is 0 Å². The van der Waals surface area contributed by atoms with Crippen LogP contribution in [0.25, 0.3) is 0 Å². The molecule has 12 heavy (non-hydrogen) atoms. The van der Waals surface area contributed by atoms with Gasteiger partial charge in [-0.2, -0.15) is 0 Å². The Morgan fingerprint density at radius 1 is 1.25 bits per heavy atom. The lowest BCUT2D eigenvalue weighted by Crippen LogP contribution is -2.03. The molecular weight excluding hydrogens is 216 g/mol. The molecule has 0 bridgehead atoms. The highest BCUT2D eigenvalue weighted by Crippen LogP contribution is 2.17. The van der Waals surface area contributed by atoms with Crippen molar-refractivity contribution in [3.05, 3.63) is 0 Å². The van der Waals surface area contributed by atoms with E-state index >= 15 is 0 Å². The predicted octanol–water partition coefficient (Wildman–Crippen LogP) is 3.61. The van der Waals surface area contributed by atoms with Crippen LogP contribution in [0.5, 0.6) is 0 Å². The number of methoxy groups -OCH3 is 1. The van der Waals surface area contributed by atoms with Gasteiger partial charge in [0, 0.05) is 18.5 Å². The van der Waals surface area contributed by atoms with Crippen LogP contribution < -0.4 is 0 Å². The Morgan fingerprint density at radius 2 is 1.92 bits per heavy atom. The van der Waals surface area contributed by atoms with E-state index in [1.54, 1.807) is 7.11 Å². The molecule has 2 unspecified atom stereocenters. The van der Waals surface area contributed by atoms with Gasteiger partial charge in [0.05, 0.1) is 0 Å². The van der Waals surface area contributed by atoms with Gasteiger partial charge in [-0.3, -0.25) is 0 Å². The van der Waals surface area contributed by atoms with Crippen LogP contribution in [0.3, 0.4) is 0 Å². The minimum Gasteiger partial charge on any atom is -0.385 e.